The van der Waals surface area contributed by atoms with Gasteiger partial charge in [-0.1, -0.05) is 60.5 Å². The SMILES string of the molecule is C=CCOC12Oc3ccc(Oc4ccc5ccccc5c4)cc3C3C(CCCCO)C(CCCCO)C=C(C(=NOC(C)(C)C)CC1N(C)C(=O)c1ccc4c(c1)OCO4)C32. The maximum Gasteiger partial charge on any atom is 0.254 e. The summed E-state index contributed by atoms with van der Waals surface area (Å²) in [7, 11) is 1.79. The predicted octanol–water partition coefficient (Wildman–Crippen LogP) is 9.57. The van der Waals surface area contributed by atoms with E-state index in [0.717, 1.165) is 59.1 Å². The Morgan fingerprint density at radius 2 is 1.62 bits per heavy atom. The van der Waals surface area contributed by atoms with Gasteiger partial charge in [-0.05, 0) is 123 Å². The van der Waals surface area contributed by atoms with Gasteiger partial charge in [0.25, 0.3) is 5.91 Å². The highest BCUT2D eigenvalue weighted by Gasteiger charge is 2.65. The molecule has 11 heteroatoms. The number of carbonyl (C=O) groups is 1. The third-order valence-corrected chi connectivity index (χ3v) is 12.4. The summed E-state index contributed by atoms with van der Waals surface area (Å²) in [5, 5.41) is 27.0. The fourth-order valence-electron chi connectivity index (χ4n) is 9.73. The second-order valence-electron chi connectivity index (χ2n) is 17.6. The molecule has 61 heavy (non-hydrogen) atoms. The number of benzene rings is 4. The normalized spacial score (nSPS) is 24.3. The molecule has 2 aliphatic heterocycles. The van der Waals surface area contributed by atoms with E-state index in [1.54, 1.807) is 36.2 Å². The minimum absolute atomic E-state index is 0.0719. The first-order valence-electron chi connectivity index (χ1n) is 21.6. The Morgan fingerprint density at radius 3 is 2.39 bits per heavy atom. The average Bonchev–Trinajstić information content (AvgIpc) is 3.74. The quantitative estimate of drug-likeness (QED) is 0.0645. The number of rotatable bonds is 16. The fourth-order valence-corrected chi connectivity index (χ4v) is 9.73. The van der Waals surface area contributed by atoms with Crippen molar-refractivity contribution < 1.29 is 43.5 Å². The Labute approximate surface area is 358 Å². The van der Waals surface area contributed by atoms with E-state index in [4.69, 9.17) is 33.7 Å². The Bertz CT molecular complexity index is 2300. The molecule has 2 heterocycles. The molecule has 1 amide bonds. The van der Waals surface area contributed by atoms with Crippen LogP contribution in [-0.2, 0) is 9.57 Å². The van der Waals surface area contributed by atoms with Crippen molar-refractivity contribution in [2.24, 2.45) is 22.9 Å². The van der Waals surface area contributed by atoms with Crippen molar-refractivity contribution >= 4 is 22.4 Å². The molecular formula is C50H58N2O9. The maximum absolute atomic E-state index is 14.7. The molecule has 1 fully saturated rings. The number of fused-ring (bicyclic) bond motifs is 4. The molecule has 0 radical (unpaired) electrons. The van der Waals surface area contributed by atoms with Crippen LogP contribution in [0, 0.1) is 17.8 Å². The van der Waals surface area contributed by atoms with Gasteiger partial charge in [0.05, 0.1) is 18.2 Å². The Kier molecular flexibility index (Phi) is 12.4. The minimum atomic E-state index is -1.38. The summed E-state index contributed by atoms with van der Waals surface area (Å²) in [5.74, 6) is 1.06. The number of aliphatic hydroxyl groups is 2. The zero-order chi connectivity index (χ0) is 42.7. The molecule has 8 rings (SSSR count). The predicted molar refractivity (Wildman–Crippen MR) is 234 cm³/mol. The molecule has 0 spiro atoms. The van der Waals surface area contributed by atoms with Gasteiger partial charge in [0.2, 0.25) is 12.6 Å². The van der Waals surface area contributed by atoms with E-state index >= 15 is 0 Å². The van der Waals surface area contributed by atoms with Crippen LogP contribution in [0.5, 0.6) is 28.7 Å². The summed E-state index contributed by atoms with van der Waals surface area (Å²) >= 11 is 0. The largest absolute Gasteiger partial charge is 0.459 e. The van der Waals surface area contributed by atoms with Crippen molar-refractivity contribution in [2.75, 3.05) is 33.7 Å². The number of carbonyl (C=O) groups excluding carboxylic acids is 1. The van der Waals surface area contributed by atoms with E-state index < -0.39 is 23.3 Å². The molecule has 322 valence electrons. The number of hydrogen-bond acceptors (Lipinski definition) is 10. The lowest BCUT2D eigenvalue weighted by molar-refractivity contribution is -0.252. The van der Waals surface area contributed by atoms with Crippen LogP contribution >= 0.6 is 0 Å². The van der Waals surface area contributed by atoms with Crippen molar-refractivity contribution in [3.8, 4) is 28.7 Å². The number of nitrogens with zero attached hydrogens (tertiary/aromatic N) is 2. The molecule has 2 aliphatic carbocycles. The molecule has 4 aromatic carbocycles. The van der Waals surface area contributed by atoms with E-state index in [1.165, 1.54) is 0 Å². The number of likely N-dealkylation sites (N-methyl/N-ethyl adjacent to an activating group) is 1. The molecule has 4 aromatic rings. The molecule has 2 N–H and O–H groups in total. The number of ether oxygens (including phenoxy) is 5. The van der Waals surface area contributed by atoms with Gasteiger partial charge >= 0.3 is 0 Å². The molecular weight excluding hydrogens is 773 g/mol. The second-order valence-corrected chi connectivity index (χ2v) is 17.6. The van der Waals surface area contributed by atoms with Gasteiger partial charge in [-0.15, -0.1) is 6.58 Å². The lowest BCUT2D eigenvalue weighted by Crippen LogP contribution is -2.69. The summed E-state index contributed by atoms with van der Waals surface area (Å²) < 4.78 is 32.3. The number of unbranched alkanes of at least 4 members (excludes halogenated alkanes) is 2. The molecule has 6 unspecified atom stereocenters. The lowest BCUT2D eigenvalue weighted by Gasteiger charge is -2.59. The lowest BCUT2D eigenvalue weighted by atomic mass is 9.55. The maximum atomic E-state index is 14.7. The van der Waals surface area contributed by atoms with Crippen LogP contribution in [0.25, 0.3) is 10.8 Å². The highest BCUT2D eigenvalue weighted by Crippen LogP contribution is 2.62. The van der Waals surface area contributed by atoms with Gasteiger partial charge < -0.3 is 43.6 Å². The van der Waals surface area contributed by atoms with E-state index in [9.17, 15) is 15.0 Å². The minimum Gasteiger partial charge on any atom is -0.459 e. The first-order chi connectivity index (χ1) is 29.5. The van der Waals surface area contributed by atoms with Crippen LogP contribution in [0.1, 0.15) is 87.6 Å². The van der Waals surface area contributed by atoms with Crippen LogP contribution in [0.4, 0.5) is 0 Å². The second kappa shape index (κ2) is 17.9. The Hall–Kier alpha value is -5.36. The van der Waals surface area contributed by atoms with Crippen LogP contribution in [0.3, 0.4) is 0 Å². The van der Waals surface area contributed by atoms with Crippen molar-refractivity contribution in [3.05, 3.63) is 114 Å². The Morgan fingerprint density at radius 1 is 0.902 bits per heavy atom. The highest BCUT2D eigenvalue weighted by atomic mass is 16.7. The van der Waals surface area contributed by atoms with Crippen molar-refractivity contribution in [2.45, 2.75) is 89.1 Å². The molecule has 0 saturated heterocycles. The van der Waals surface area contributed by atoms with Crippen molar-refractivity contribution in [3.63, 3.8) is 0 Å². The average molecular weight is 831 g/mol. The summed E-state index contributed by atoms with van der Waals surface area (Å²) in [4.78, 5) is 22.7. The third-order valence-electron chi connectivity index (χ3n) is 12.4. The summed E-state index contributed by atoms with van der Waals surface area (Å²) in [6, 6.07) is 24.9. The van der Waals surface area contributed by atoms with Crippen LogP contribution < -0.4 is 18.9 Å². The van der Waals surface area contributed by atoms with Crippen LogP contribution in [0.15, 0.2) is 108 Å². The topological polar surface area (TPSA) is 129 Å². The van der Waals surface area contributed by atoms with E-state index in [0.29, 0.717) is 41.4 Å². The molecule has 11 nitrogen and oxygen atoms in total. The number of allylic oxidation sites excluding steroid dienone is 1. The first kappa shape index (κ1) is 42.3. The van der Waals surface area contributed by atoms with Gasteiger partial charge in [-0.2, -0.15) is 0 Å². The number of aliphatic hydroxyl groups excluding tert-OH is 2. The zero-order valence-electron chi connectivity index (χ0n) is 35.7. The molecule has 6 atom stereocenters. The summed E-state index contributed by atoms with van der Waals surface area (Å²) in [5.41, 5.74) is 2.53. The van der Waals surface area contributed by atoms with Crippen LogP contribution in [0.2, 0.25) is 0 Å². The molecule has 0 bridgehead atoms. The number of amides is 1. The van der Waals surface area contributed by atoms with Gasteiger partial charge in [0, 0.05) is 43.7 Å². The number of oxime groups is 1. The van der Waals surface area contributed by atoms with Gasteiger partial charge in [0.1, 0.15) is 28.9 Å². The van der Waals surface area contributed by atoms with E-state index in [2.05, 4.69) is 36.9 Å². The van der Waals surface area contributed by atoms with Gasteiger partial charge in [-0.25, -0.2) is 0 Å². The van der Waals surface area contributed by atoms with Crippen LogP contribution in [-0.4, -0.2) is 77.8 Å². The monoisotopic (exact) mass is 830 g/mol. The Balaban J connectivity index is 1.30. The third kappa shape index (κ3) is 8.61. The summed E-state index contributed by atoms with van der Waals surface area (Å²) in [6.07, 6.45) is 9.03. The van der Waals surface area contributed by atoms with Crippen molar-refractivity contribution in [1.29, 1.82) is 0 Å². The van der Waals surface area contributed by atoms with E-state index in [1.807, 2.05) is 57.2 Å². The van der Waals surface area contributed by atoms with Gasteiger partial charge in [0.15, 0.2) is 11.5 Å². The van der Waals surface area contributed by atoms with Crippen molar-refractivity contribution in [1.82, 2.24) is 4.90 Å². The number of hydrogen-bond donors (Lipinski definition) is 2. The smallest absolute Gasteiger partial charge is 0.254 e. The van der Waals surface area contributed by atoms with Gasteiger partial charge in [-0.3, -0.25) is 4.79 Å². The molecule has 1 saturated carbocycles. The highest BCUT2D eigenvalue weighted by molar-refractivity contribution is 6.03. The van der Waals surface area contributed by atoms with E-state index in [-0.39, 0.29) is 56.7 Å². The first-order valence-corrected chi connectivity index (χ1v) is 21.6. The zero-order valence-corrected chi connectivity index (χ0v) is 35.7. The molecule has 0 aromatic heterocycles. The summed E-state index contributed by atoms with van der Waals surface area (Å²) in [6.45, 7) is 10.4. The standard InChI is InChI=1S/C50H58N2O9/c1-6-25-58-50-45(52(5)48(55)35-18-21-43-44(28-35)57-31-56-43)30-41(51-61-49(2,3)4)39-27-34(15-9-11-23-53)38(16-10-12-24-54)46(47(39)50)40-29-37(20-22-42(40)60-50)59-36-19-17-32-13-7-8-14-33(32)26-36/h6-8,13-14,17-22,26-29,34,38,45-47,53-54H,1,9-12,15-16,23-25,30-31H2,2-5H3. The molecule has 4 aliphatic rings. The fraction of sp³-hybridized carbons (Fsp3) is 0.440.